The summed E-state index contributed by atoms with van der Waals surface area (Å²) in [6.45, 7) is 0. The molecule has 0 unspecified atom stereocenters. The fraction of sp³-hybridized carbons (Fsp3) is 0. The van der Waals surface area contributed by atoms with Gasteiger partial charge < -0.3 is 0 Å². The van der Waals surface area contributed by atoms with Crippen LogP contribution in [0, 0.1) is 0 Å². The first-order valence-corrected chi connectivity index (χ1v) is 15.0. The van der Waals surface area contributed by atoms with Crippen LogP contribution in [-0.4, -0.2) is 0 Å². The Kier molecular flexibility index (Phi) is 3.21. The van der Waals surface area contributed by atoms with Gasteiger partial charge in [-0.15, -0.1) is 0 Å². The second kappa shape index (κ2) is 4.83. The SMILES string of the molecule is [Cl][Hg][c]1c(-c2ccccc2)oc2ccccc12. The number of hydrogen-bond donors (Lipinski definition) is 0. The van der Waals surface area contributed by atoms with Gasteiger partial charge >= 0.3 is 116 Å². The van der Waals surface area contributed by atoms with Crippen molar-refractivity contribution in [3.63, 3.8) is 0 Å². The van der Waals surface area contributed by atoms with E-state index in [0.29, 0.717) is 0 Å². The van der Waals surface area contributed by atoms with Crippen molar-refractivity contribution in [3.05, 3.63) is 54.6 Å². The zero-order chi connectivity index (χ0) is 11.7. The first-order chi connectivity index (χ1) is 8.40. The average molecular weight is 429 g/mol. The molecule has 1 heterocycles. The van der Waals surface area contributed by atoms with Crippen LogP contribution in [0.2, 0.25) is 0 Å². The Bertz CT molecular complexity index is 646. The normalized spacial score (nSPS) is 10.4. The summed E-state index contributed by atoms with van der Waals surface area (Å²) in [7, 11) is 6.26. The van der Waals surface area contributed by atoms with Gasteiger partial charge in [0.25, 0.3) is 0 Å². The zero-order valence-corrected chi connectivity index (χ0v) is 15.4. The van der Waals surface area contributed by atoms with Gasteiger partial charge in [-0.2, -0.15) is 0 Å². The molecule has 0 amide bonds. The number of furan rings is 1. The van der Waals surface area contributed by atoms with Crippen LogP contribution in [0.5, 0.6) is 0 Å². The van der Waals surface area contributed by atoms with Crippen LogP contribution in [-0.2, 0) is 23.3 Å². The van der Waals surface area contributed by atoms with Crippen LogP contribution in [0.25, 0.3) is 22.3 Å². The Morgan fingerprint density at radius 3 is 2.35 bits per heavy atom. The van der Waals surface area contributed by atoms with E-state index in [1.165, 1.54) is 8.46 Å². The summed E-state index contributed by atoms with van der Waals surface area (Å²) in [5.74, 6) is 0.975. The van der Waals surface area contributed by atoms with Gasteiger partial charge in [0.15, 0.2) is 0 Å². The third-order valence-corrected chi connectivity index (χ3v) is 8.98. The fourth-order valence-corrected chi connectivity index (χ4v) is 7.62. The molecule has 0 aliphatic carbocycles. The van der Waals surface area contributed by atoms with Crippen molar-refractivity contribution in [2.45, 2.75) is 0 Å². The second-order valence-electron chi connectivity index (χ2n) is 3.91. The average Bonchev–Trinajstić information content (AvgIpc) is 2.78. The summed E-state index contributed by atoms with van der Waals surface area (Å²) in [6.07, 6.45) is 0. The molecule has 1 aromatic heterocycles. The summed E-state index contributed by atoms with van der Waals surface area (Å²) in [5, 5.41) is 1.20. The predicted molar refractivity (Wildman–Crippen MR) is 67.1 cm³/mol. The molecule has 2 aromatic carbocycles. The molecule has 80 valence electrons. The first-order valence-electron chi connectivity index (χ1n) is 5.52. The van der Waals surface area contributed by atoms with E-state index >= 15 is 0 Å². The topological polar surface area (TPSA) is 13.1 Å². The Morgan fingerprint density at radius 1 is 0.882 bits per heavy atom. The van der Waals surface area contributed by atoms with Crippen molar-refractivity contribution in [3.8, 4) is 11.3 Å². The van der Waals surface area contributed by atoms with Crippen molar-refractivity contribution in [1.82, 2.24) is 0 Å². The van der Waals surface area contributed by atoms with Gasteiger partial charge in [0.2, 0.25) is 0 Å². The van der Waals surface area contributed by atoms with E-state index in [0.717, 1.165) is 16.9 Å². The van der Waals surface area contributed by atoms with E-state index in [2.05, 4.69) is 18.2 Å². The molecule has 0 atom stereocenters. The van der Waals surface area contributed by atoms with Crippen LogP contribution in [0.4, 0.5) is 0 Å². The van der Waals surface area contributed by atoms with Gasteiger partial charge in [-0.25, -0.2) is 0 Å². The van der Waals surface area contributed by atoms with Crippen LogP contribution >= 0.6 is 8.25 Å². The quantitative estimate of drug-likeness (QED) is 0.563. The fourth-order valence-electron chi connectivity index (χ4n) is 2.05. The Balaban J connectivity index is 2.30. The standard InChI is InChI=1S/C14H9O.ClH.Hg/c1-2-6-11(7-3-1)14-10-12-8-4-5-9-13(12)15-14;;/h1-9H;1H;/q;;+1/p-1. The van der Waals surface area contributed by atoms with Gasteiger partial charge in [0.1, 0.15) is 0 Å². The molecule has 3 heteroatoms. The Hall–Kier alpha value is -0.795. The van der Waals surface area contributed by atoms with E-state index in [-0.39, 0.29) is 0 Å². The van der Waals surface area contributed by atoms with Crippen LogP contribution in [0.1, 0.15) is 0 Å². The summed E-state index contributed by atoms with van der Waals surface area (Å²) >= 11 is -1.53. The van der Waals surface area contributed by atoms with Crippen molar-refractivity contribution < 1.29 is 27.8 Å². The first kappa shape index (κ1) is 11.3. The number of para-hydroxylation sites is 1. The molecule has 0 radical (unpaired) electrons. The molecular weight excluding hydrogens is 420 g/mol. The van der Waals surface area contributed by atoms with Crippen LogP contribution < -0.4 is 3.07 Å². The van der Waals surface area contributed by atoms with Gasteiger partial charge in [0.05, 0.1) is 0 Å². The van der Waals surface area contributed by atoms with E-state index in [1.807, 2.05) is 36.4 Å². The molecule has 3 rings (SSSR count). The van der Waals surface area contributed by atoms with Gasteiger partial charge in [-0.1, -0.05) is 0 Å². The predicted octanol–water partition coefficient (Wildman–Crippen LogP) is 3.96. The molecule has 0 saturated heterocycles. The van der Waals surface area contributed by atoms with E-state index in [9.17, 15) is 0 Å². The van der Waals surface area contributed by atoms with E-state index in [4.69, 9.17) is 12.7 Å². The molecule has 1 nitrogen and oxygen atoms in total. The number of benzene rings is 2. The van der Waals surface area contributed by atoms with Crippen LogP contribution in [0.15, 0.2) is 59.0 Å². The maximum atomic E-state index is 6.26. The molecular formula is C14H9ClHgO. The third kappa shape index (κ3) is 2.02. The minimum absolute atomic E-state index is 0.946. The summed E-state index contributed by atoms with van der Waals surface area (Å²) in [4.78, 5) is 0. The van der Waals surface area contributed by atoms with E-state index < -0.39 is 23.3 Å². The number of hydrogen-bond acceptors (Lipinski definition) is 1. The molecule has 0 N–H and O–H groups in total. The number of halogens is 1. The van der Waals surface area contributed by atoms with Crippen molar-refractivity contribution in [1.29, 1.82) is 0 Å². The van der Waals surface area contributed by atoms with Crippen molar-refractivity contribution >= 4 is 22.3 Å². The number of fused-ring (bicyclic) bond motifs is 1. The van der Waals surface area contributed by atoms with Gasteiger partial charge in [0, 0.05) is 0 Å². The summed E-state index contributed by atoms with van der Waals surface area (Å²) in [5.41, 5.74) is 2.07. The van der Waals surface area contributed by atoms with Gasteiger partial charge in [-0.3, -0.25) is 0 Å². The molecule has 0 bridgehead atoms. The molecule has 0 fully saturated rings. The second-order valence-corrected chi connectivity index (χ2v) is 10.0. The van der Waals surface area contributed by atoms with Gasteiger partial charge in [-0.05, 0) is 0 Å². The monoisotopic (exact) mass is 430 g/mol. The molecule has 3 aromatic rings. The minimum atomic E-state index is -1.53. The Morgan fingerprint density at radius 2 is 1.59 bits per heavy atom. The Labute approximate surface area is 115 Å². The molecule has 0 saturated carbocycles. The molecule has 0 aliphatic rings. The maximum absolute atomic E-state index is 6.26. The van der Waals surface area contributed by atoms with E-state index in [1.54, 1.807) is 0 Å². The molecule has 0 spiro atoms. The summed E-state index contributed by atoms with van der Waals surface area (Å²) < 4.78 is 7.23. The van der Waals surface area contributed by atoms with Crippen molar-refractivity contribution in [2.24, 2.45) is 0 Å². The van der Waals surface area contributed by atoms with Crippen LogP contribution in [0.3, 0.4) is 0 Å². The number of rotatable bonds is 2. The summed E-state index contributed by atoms with van der Waals surface area (Å²) in [6, 6.07) is 18.3. The van der Waals surface area contributed by atoms with Crippen molar-refractivity contribution in [2.75, 3.05) is 0 Å². The zero-order valence-electron chi connectivity index (χ0n) is 9.19. The third-order valence-electron chi connectivity index (χ3n) is 2.87. The molecule has 0 aliphatic heterocycles. The molecule has 17 heavy (non-hydrogen) atoms.